The lowest BCUT2D eigenvalue weighted by molar-refractivity contribution is -0.130. The Morgan fingerprint density at radius 1 is 1.32 bits per heavy atom. The van der Waals surface area contributed by atoms with Crippen molar-refractivity contribution in [3.05, 3.63) is 29.8 Å². The molecule has 1 heterocycles. The van der Waals surface area contributed by atoms with Crippen LogP contribution in [0.2, 0.25) is 0 Å². The van der Waals surface area contributed by atoms with Gasteiger partial charge in [0.15, 0.2) is 0 Å². The predicted molar refractivity (Wildman–Crippen MR) is 81.4 cm³/mol. The van der Waals surface area contributed by atoms with Crippen LogP contribution in [0.3, 0.4) is 0 Å². The summed E-state index contributed by atoms with van der Waals surface area (Å²) < 4.78 is 0. The maximum atomic E-state index is 11.8. The Labute approximate surface area is 119 Å². The third-order valence-corrected chi connectivity index (χ3v) is 3.47. The molecule has 19 heavy (non-hydrogen) atoms. The van der Waals surface area contributed by atoms with Crippen molar-refractivity contribution in [2.24, 2.45) is 5.73 Å². The van der Waals surface area contributed by atoms with Gasteiger partial charge in [-0.1, -0.05) is 24.4 Å². The van der Waals surface area contributed by atoms with E-state index >= 15 is 0 Å². The molecule has 1 aliphatic rings. The summed E-state index contributed by atoms with van der Waals surface area (Å²) in [6.45, 7) is 5.26. The van der Waals surface area contributed by atoms with E-state index in [-0.39, 0.29) is 17.3 Å². The van der Waals surface area contributed by atoms with Gasteiger partial charge in [-0.2, -0.15) is 0 Å². The Morgan fingerprint density at radius 2 is 2.00 bits per heavy atom. The summed E-state index contributed by atoms with van der Waals surface area (Å²) in [4.78, 5) is 16.3. The third-order valence-electron chi connectivity index (χ3n) is 3.32. The normalized spacial score (nSPS) is 15.4. The van der Waals surface area contributed by atoms with Crippen LogP contribution in [0.4, 0.5) is 5.69 Å². The number of nitrogens with two attached hydrogens (primary N) is 1. The maximum absolute atomic E-state index is 11.8. The highest BCUT2D eigenvalue weighted by molar-refractivity contribution is 7.80. The molecule has 0 atom stereocenters. The first-order valence-electron chi connectivity index (χ1n) is 6.44. The Hall–Kier alpha value is -1.62. The molecule has 0 aliphatic carbocycles. The van der Waals surface area contributed by atoms with Gasteiger partial charge in [-0.15, -0.1) is 0 Å². The monoisotopic (exact) mass is 277 g/mol. The van der Waals surface area contributed by atoms with Crippen LogP contribution in [0.5, 0.6) is 0 Å². The minimum absolute atomic E-state index is 0.0383. The summed E-state index contributed by atoms with van der Waals surface area (Å²) in [7, 11) is 0. The summed E-state index contributed by atoms with van der Waals surface area (Å²) in [5.74, 6) is 0.0383. The average Bonchev–Trinajstić information content (AvgIpc) is 2.38. The van der Waals surface area contributed by atoms with E-state index in [1.807, 2.05) is 4.90 Å². The van der Waals surface area contributed by atoms with Crippen molar-refractivity contribution < 1.29 is 4.79 Å². The lowest BCUT2D eigenvalue weighted by Crippen LogP contribution is -2.49. The van der Waals surface area contributed by atoms with Crippen molar-refractivity contribution >= 4 is 28.8 Å². The molecule has 1 amide bonds. The minimum atomic E-state index is 0.0383. The second-order valence-corrected chi connectivity index (χ2v) is 5.37. The molecule has 1 fully saturated rings. The van der Waals surface area contributed by atoms with E-state index in [2.05, 4.69) is 36.1 Å². The molecule has 1 aromatic rings. The van der Waals surface area contributed by atoms with Gasteiger partial charge in [0.1, 0.15) is 0 Å². The fourth-order valence-electron chi connectivity index (χ4n) is 2.30. The second kappa shape index (κ2) is 6.02. The Balaban J connectivity index is 1.92. The van der Waals surface area contributed by atoms with Crippen LogP contribution >= 0.6 is 12.2 Å². The van der Waals surface area contributed by atoms with Crippen molar-refractivity contribution in [3.63, 3.8) is 0 Å². The van der Waals surface area contributed by atoms with Crippen LogP contribution in [0.1, 0.15) is 12.0 Å². The Bertz CT molecular complexity index is 481. The van der Waals surface area contributed by atoms with Gasteiger partial charge < -0.3 is 15.5 Å². The number of rotatable bonds is 3. The van der Waals surface area contributed by atoms with Gasteiger partial charge in [0.05, 0.1) is 11.4 Å². The van der Waals surface area contributed by atoms with Crippen molar-refractivity contribution in [2.45, 2.75) is 13.3 Å². The fourth-order valence-corrected chi connectivity index (χ4v) is 2.42. The van der Waals surface area contributed by atoms with Crippen LogP contribution in [-0.2, 0) is 4.79 Å². The van der Waals surface area contributed by atoms with Gasteiger partial charge in [0, 0.05) is 31.9 Å². The highest BCUT2D eigenvalue weighted by Gasteiger charge is 2.21. The number of benzene rings is 1. The highest BCUT2D eigenvalue weighted by Crippen LogP contribution is 2.17. The smallest absolute Gasteiger partial charge is 0.229 e. The van der Waals surface area contributed by atoms with Gasteiger partial charge in [0.25, 0.3) is 0 Å². The zero-order valence-corrected chi connectivity index (χ0v) is 11.9. The molecule has 4 nitrogen and oxygen atoms in total. The van der Waals surface area contributed by atoms with E-state index in [9.17, 15) is 4.79 Å². The average molecular weight is 277 g/mol. The molecule has 2 rings (SSSR count). The fraction of sp³-hybridized carbons (Fsp3) is 0.429. The maximum Gasteiger partial charge on any atom is 0.229 e. The third kappa shape index (κ3) is 3.67. The van der Waals surface area contributed by atoms with Crippen LogP contribution in [0.15, 0.2) is 24.3 Å². The van der Waals surface area contributed by atoms with Crippen LogP contribution in [0.25, 0.3) is 0 Å². The zero-order valence-electron chi connectivity index (χ0n) is 11.1. The molecule has 0 spiro atoms. The molecule has 1 aliphatic heterocycles. The number of hydrogen-bond acceptors (Lipinski definition) is 3. The molecule has 0 aromatic heterocycles. The second-order valence-electron chi connectivity index (χ2n) is 4.85. The van der Waals surface area contributed by atoms with Gasteiger partial charge in [-0.3, -0.25) is 4.79 Å². The molecular weight excluding hydrogens is 258 g/mol. The van der Waals surface area contributed by atoms with E-state index in [1.54, 1.807) is 0 Å². The molecule has 0 bridgehead atoms. The number of aryl methyl sites for hydroxylation is 1. The molecule has 5 heteroatoms. The summed E-state index contributed by atoms with van der Waals surface area (Å²) >= 11 is 4.78. The number of hydrogen-bond donors (Lipinski definition) is 1. The van der Waals surface area contributed by atoms with Gasteiger partial charge in [0.2, 0.25) is 5.91 Å². The Kier molecular flexibility index (Phi) is 4.37. The SMILES string of the molecule is Cc1cccc(N2CCN(C(=O)CC(N)=S)CC2)c1. The van der Waals surface area contributed by atoms with E-state index in [4.69, 9.17) is 18.0 Å². The van der Waals surface area contributed by atoms with E-state index < -0.39 is 0 Å². The molecule has 0 saturated carbocycles. The van der Waals surface area contributed by atoms with Crippen LogP contribution in [0, 0.1) is 6.92 Å². The predicted octanol–water partition coefficient (Wildman–Crippen LogP) is 1.32. The van der Waals surface area contributed by atoms with Crippen molar-refractivity contribution in [2.75, 3.05) is 31.1 Å². The first kappa shape index (κ1) is 13.8. The van der Waals surface area contributed by atoms with Gasteiger partial charge in [-0.25, -0.2) is 0 Å². The quantitative estimate of drug-likeness (QED) is 0.847. The minimum Gasteiger partial charge on any atom is -0.393 e. The summed E-state index contributed by atoms with van der Waals surface area (Å²) in [6, 6.07) is 8.44. The summed E-state index contributed by atoms with van der Waals surface area (Å²) in [6.07, 6.45) is 0.180. The van der Waals surface area contributed by atoms with Crippen molar-refractivity contribution in [3.8, 4) is 0 Å². The number of amides is 1. The van der Waals surface area contributed by atoms with Crippen molar-refractivity contribution in [1.82, 2.24) is 4.90 Å². The van der Waals surface area contributed by atoms with Crippen LogP contribution < -0.4 is 10.6 Å². The van der Waals surface area contributed by atoms with Gasteiger partial charge >= 0.3 is 0 Å². The molecular formula is C14H19N3OS. The lowest BCUT2D eigenvalue weighted by Gasteiger charge is -2.36. The number of thiocarbonyl (C=S) groups is 1. The van der Waals surface area contributed by atoms with Gasteiger partial charge in [-0.05, 0) is 24.6 Å². The molecule has 0 unspecified atom stereocenters. The van der Waals surface area contributed by atoms with E-state index in [0.29, 0.717) is 0 Å². The number of carbonyl (C=O) groups is 1. The molecule has 1 saturated heterocycles. The van der Waals surface area contributed by atoms with Crippen molar-refractivity contribution in [1.29, 1.82) is 0 Å². The first-order valence-corrected chi connectivity index (χ1v) is 6.85. The molecule has 1 aromatic carbocycles. The number of anilines is 1. The summed E-state index contributed by atoms with van der Waals surface area (Å²) in [5.41, 5.74) is 7.89. The number of piperazine rings is 1. The largest absolute Gasteiger partial charge is 0.393 e. The molecule has 2 N–H and O–H groups in total. The number of carbonyl (C=O) groups excluding carboxylic acids is 1. The molecule has 102 valence electrons. The topological polar surface area (TPSA) is 49.6 Å². The highest BCUT2D eigenvalue weighted by atomic mass is 32.1. The number of nitrogens with zero attached hydrogens (tertiary/aromatic N) is 2. The lowest BCUT2D eigenvalue weighted by atomic mass is 10.2. The molecule has 0 radical (unpaired) electrons. The van der Waals surface area contributed by atoms with E-state index in [1.165, 1.54) is 11.3 Å². The Morgan fingerprint density at radius 3 is 2.58 bits per heavy atom. The van der Waals surface area contributed by atoms with E-state index in [0.717, 1.165) is 26.2 Å². The first-order chi connectivity index (χ1) is 9.06. The van der Waals surface area contributed by atoms with Crippen LogP contribution in [-0.4, -0.2) is 42.0 Å². The zero-order chi connectivity index (χ0) is 13.8. The standard InChI is InChI=1S/C14H19N3OS/c1-11-3-2-4-12(9-11)16-5-7-17(8-6-16)14(18)10-13(15)19/h2-4,9H,5-8,10H2,1H3,(H2,15,19). The summed E-state index contributed by atoms with van der Waals surface area (Å²) in [5, 5.41) is 0.